The molecule has 1 rings (SSSR count). The topological polar surface area (TPSA) is 90.3 Å². The zero-order valence-corrected chi connectivity index (χ0v) is 13.5. The number of nitrogens with one attached hydrogen (secondary N) is 2. The van der Waals surface area contributed by atoms with Crippen molar-refractivity contribution < 1.29 is 10.2 Å². The van der Waals surface area contributed by atoms with Gasteiger partial charge in [0.15, 0.2) is 0 Å². The van der Waals surface area contributed by atoms with Crippen LogP contribution in [0.25, 0.3) is 0 Å². The van der Waals surface area contributed by atoms with E-state index in [9.17, 15) is 10.2 Å². The molecule has 4 N–H and O–H groups in total. The molecular formula is C15H28N4O2. The van der Waals surface area contributed by atoms with Crippen molar-refractivity contribution in [2.24, 2.45) is 0 Å². The van der Waals surface area contributed by atoms with Crippen molar-refractivity contribution in [3.8, 4) is 0 Å². The minimum Gasteiger partial charge on any atom is -0.394 e. The van der Waals surface area contributed by atoms with Crippen LogP contribution in [0.1, 0.15) is 52.3 Å². The summed E-state index contributed by atoms with van der Waals surface area (Å²) in [5.74, 6) is 2.32. The molecule has 0 radical (unpaired) electrons. The van der Waals surface area contributed by atoms with Gasteiger partial charge in [-0.15, -0.1) is 0 Å². The number of rotatable bonds is 9. The van der Waals surface area contributed by atoms with Gasteiger partial charge < -0.3 is 20.8 Å². The van der Waals surface area contributed by atoms with Gasteiger partial charge in [0, 0.05) is 18.5 Å². The van der Waals surface area contributed by atoms with E-state index in [1.165, 1.54) is 0 Å². The smallest absolute Gasteiger partial charge is 0.135 e. The molecule has 6 nitrogen and oxygen atoms in total. The Kier molecular flexibility index (Phi) is 6.84. The second-order valence-corrected chi connectivity index (χ2v) is 5.65. The largest absolute Gasteiger partial charge is 0.394 e. The van der Waals surface area contributed by atoms with Gasteiger partial charge in [-0.05, 0) is 12.8 Å². The van der Waals surface area contributed by atoms with Crippen LogP contribution in [0.5, 0.6) is 0 Å². The second kappa shape index (κ2) is 8.14. The van der Waals surface area contributed by atoms with Crippen molar-refractivity contribution in [1.82, 2.24) is 9.97 Å². The van der Waals surface area contributed by atoms with Crippen LogP contribution in [0.2, 0.25) is 0 Å². The van der Waals surface area contributed by atoms with Gasteiger partial charge in [-0.3, -0.25) is 0 Å². The Hall–Kier alpha value is -1.40. The van der Waals surface area contributed by atoms with Crippen LogP contribution in [-0.4, -0.2) is 45.5 Å². The Bertz CT molecular complexity index is 425. The van der Waals surface area contributed by atoms with Crippen LogP contribution in [0.4, 0.5) is 11.6 Å². The molecule has 0 fully saturated rings. The lowest BCUT2D eigenvalue weighted by Gasteiger charge is -2.30. The van der Waals surface area contributed by atoms with Gasteiger partial charge in [-0.1, -0.05) is 27.7 Å². The Morgan fingerprint density at radius 3 is 2.24 bits per heavy atom. The van der Waals surface area contributed by atoms with Gasteiger partial charge >= 0.3 is 0 Å². The minimum atomic E-state index is -0.759. The van der Waals surface area contributed by atoms with Gasteiger partial charge in [-0.2, -0.15) is 0 Å². The average Bonchev–Trinajstić information content (AvgIpc) is 2.50. The molecule has 1 aromatic heterocycles. The number of hydrogen-bond donors (Lipinski definition) is 4. The van der Waals surface area contributed by atoms with Crippen molar-refractivity contribution in [3.05, 3.63) is 11.9 Å². The molecule has 6 heteroatoms. The summed E-state index contributed by atoms with van der Waals surface area (Å²) in [5.41, 5.74) is -0.759. The molecule has 0 aliphatic carbocycles. The zero-order chi connectivity index (χ0) is 15.9. The molecule has 21 heavy (non-hydrogen) atoms. The summed E-state index contributed by atoms with van der Waals surface area (Å²) >= 11 is 0. The fourth-order valence-corrected chi connectivity index (χ4v) is 1.84. The molecule has 0 aromatic carbocycles. The van der Waals surface area contributed by atoms with Crippen LogP contribution >= 0.6 is 0 Å². The molecule has 0 unspecified atom stereocenters. The minimum absolute atomic E-state index is 0.154. The fraction of sp³-hybridized carbons (Fsp3) is 0.733. The van der Waals surface area contributed by atoms with E-state index >= 15 is 0 Å². The lowest BCUT2D eigenvalue weighted by molar-refractivity contribution is 0.132. The molecular weight excluding hydrogens is 268 g/mol. The Morgan fingerprint density at radius 2 is 1.76 bits per heavy atom. The SMILES string of the molecule is CCCNc1cc(NC(CC)(CO)CO)nc(C(C)C)n1. The van der Waals surface area contributed by atoms with E-state index in [1.54, 1.807) is 0 Å². The Labute approximate surface area is 127 Å². The summed E-state index contributed by atoms with van der Waals surface area (Å²) in [6.45, 7) is 8.61. The van der Waals surface area contributed by atoms with Crippen LogP contribution in [-0.2, 0) is 0 Å². The quantitative estimate of drug-likeness (QED) is 0.557. The number of nitrogens with zero attached hydrogens (tertiary/aromatic N) is 2. The summed E-state index contributed by atoms with van der Waals surface area (Å²) in [7, 11) is 0. The van der Waals surface area contributed by atoms with E-state index in [1.807, 2.05) is 26.8 Å². The Balaban J connectivity index is 3.06. The molecule has 0 spiro atoms. The first-order chi connectivity index (χ1) is 10.00. The lowest BCUT2D eigenvalue weighted by atomic mass is 9.98. The average molecular weight is 296 g/mol. The summed E-state index contributed by atoms with van der Waals surface area (Å²) < 4.78 is 0. The highest BCUT2D eigenvalue weighted by molar-refractivity contribution is 5.49. The lowest BCUT2D eigenvalue weighted by Crippen LogP contribution is -2.45. The van der Waals surface area contributed by atoms with E-state index < -0.39 is 5.54 Å². The van der Waals surface area contributed by atoms with Crippen molar-refractivity contribution in [2.75, 3.05) is 30.4 Å². The fourth-order valence-electron chi connectivity index (χ4n) is 1.84. The van der Waals surface area contributed by atoms with Crippen LogP contribution < -0.4 is 10.6 Å². The van der Waals surface area contributed by atoms with Crippen molar-refractivity contribution >= 4 is 11.6 Å². The van der Waals surface area contributed by atoms with Gasteiger partial charge in [0.25, 0.3) is 0 Å². The third kappa shape index (κ3) is 4.82. The molecule has 0 aliphatic rings. The molecule has 1 aromatic rings. The predicted octanol–water partition coefficient (Wildman–Crippen LogP) is 1.97. The molecule has 0 saturated carbocycles. The normalized spacial score (nSPS) is 11.8. The monoisotopic (exact) mass is 296 g/mol. The first-order valence-corrected chi connectivity index (χ1v) is 7.63. The van der Waals surface area contributed by atoms with Crippen molar-refractivity contribution in [1.29, 1.82) is 0 Å². The maximum absolute atomic E-state index is 9.55. The summed E-state index contributed by atoms with van der Waals surface area (Å²) in [6, 6.07) is 1.82. The van der Waals surface area contributed by atoms with Gasteiger partial charge in [0.05, 0.1) is 18.8 Å². The molecule has 0 saturated heterocycles. The highest BCUT2D eigenvalue weighted by Crippen LogP contribution is 2.21. The van der Waals surface area contributed by atoms with Crippen molar-refractivity contribution in [2.45, 2.75) is 52.0 Å². The number of anilines is 2. The maximum atomic E-state index is 9.55. The first-order valence-electron chi connectivity index (χ1n) is 7.63. The van der Waals surface area contributed by atoms with Crippen LogP contribution in [0.3, 0.4) is 0 Å². The zero-order valence-electron chi connectivity index (χ0n) is 13.5. The second-order valence-electron chi connectivity index (χ2n) is 5.65. The third-order valence-corrected chi connectivity index (χ3v) is 3.49. The standard InChI is InChI=1S/C15H28N4O2/c1-5-7-16-12-8-13(18-14(17-12)11(3)4)19-15(6-2,9-20)10-21/h8,11,20-21H,5-7,9-10H2,1-4H3,(H2,16,17,18,19). The van der Waals surface area contributed by atoms with E-state index in [0.717, 1.165) is 24.6 Å². The van der Waals surface area contributed by atoms with Crippen LogP contribution in [0.15, 0.2) is 6.07 Å². The summed E-state index contributed by atoms with van der Waals surface area (Å²) in [4.78, 5) is 8.98. The molecule has 0 aliphatic heterocycles. The van der Waals surface area contributed by atoms with Gasteiger partial charge in [0.1, 0.15) is 17.5 Å². The number of aromatic nitrogens is 2. The highest BCUT2D eigenvalue weighted by atomic mass is 16.3. The third-order valence-electron chi connectivity index (χ3n) is 3.49. The van der Waals surface area contributed by atoms with Crippen molar-refractivity contribution in [3.63, 3.8) is 0 Å². The predicted molar refractivity (Wildman–Crippen MR) is 85.7 cm³/mol. The van der Waals surface area contributed by atoms with E-state index in [2.05, 4.69) is 27.5 Å². The number of hydrogen-bond acceptors (Lipinski definition) is 6. The van der Waals surface area contributed by atoms with Gasteiger partial charge in [-0.25, -0.2) is 9.97 Å². The molecule has 0 bridgehead atoms. The highest BCUT2D eigenvalue weighted by Gasteiger charge is 2.27. The van der Waals surface area contributed by atoms with E-state index in [-0.39, 0.29) is 19.1 Å². The van der Waals surface area contributed by atoms with E-state index in [0.29, 0.717) is 12.2 Å². The first kappa shape index (κ1) is 17.7. The summed E-state index contributed by atoms with van der Waals surface area (Å²) in [5, 5.41) is 25.5. The Morgan fingerprint density at radius 1 is 1.14 bits per heavy atom. The summed E-state index contributed by atoms with van der Waals surface area (Å²) in [6.07, 6.45) is 1.61. The van der Waals surface area contributed by atoms with Gasteiger partial charge in [0.2, 0.25) is 0 Å². The molecule has 120 valence electrons. The maximum Gasteiger partial charge on any atom is 0.135 e. The number of aliphatic hydroxyl groups is 2. The van der Waals surface area contributed by atoms with E-state index in [4.69, 9.17) is 0 Å². The molecule has 0 atom stereocenters. The molecule has 0 amide bonds. The van der Waals surface area contributed by atoms with Crippen LogP contribution in [0, 0.1) is 0 Å². The molecule has 1 heterocycles. The number of aliphatic hydroxyl groups excluding tert-OH is 2.